The third-order valence-corrected chi connectivity index (χ3v) is 3.36. The highest BCUT2D eigenvalue weighted by Gasteiger charge is 2.12. The summed E-state index contributed by atoms with van der Waals surface area (Å²) >= 11 is 9.24. The van der Waals surface area contributed by atoms with Crippen LogP contribution in [0.5, 0.6) is 11.5 Å². The molecular formula is C14H10BrClO3. The Balaban J connectivity index is 2.21. The summed E-state index contributed by atoms with van der Waals surface area (Å²) in [4.78, 5) is 12.0. The number of methoxy groups -OCH3 is 1. The molecule has 0 saturated carbocycles. The first kappa shape index (κ1) is 13.9. The van der Waals surface area contributed by atoms with Crippen molar-refractivity contribution in [2.45, 2.75) is 0 Å². The van der Waals surface area contributed by atoms with Gasteiger partial charge in [-0.2, -0.15) is 0 Å². The number of esters is 1. The fraction of sp³-hybridized carbons (Fsp3) is 0.0714. The third kappa shape index (κ3) is 3.28. The van der Waals surface area contributed by atoms with Crippen molar-refractivity contribution in [3.05, 3.63) is 57.5 Å². The van der Waals surface area contributed by atoms with E-state index in [-0.39, 0.29) is 0 Å². The van der Waals surface area contributed by atoms with Crippen LogP contribution in [0.4, 0.5) is 0 Å². The van der Waals surface area contributed by atoms with Gasteiger partial charge >= 0.3 is 5.97 Å². The van der Waals surface area contributed by atoms with Gasteiger partial charge < -0.3 is 9.47 Å². The van der Waals surface area contributed by atoms with Crippen LogP contribution in [-0.4, -0.2) is 13.1 Å². The van der Waals surface area contributed by atoms with Crippen LogP contribution in [0.25, 0.3) is 0 Å². The lowest BCUT2D eigenvalue weighted by Gasteiger charge is -2.07. The highest BCUT2D eigenvalue weighted by molar-refractivity contribution is 9.10. The lowest BCUT2D eigenvalue weighted by molar-refractivity contribution is 0.0735. The second kappa shape index (κ2) is 6.08. The molecule has 0 aromatic heterocycles. The molecular weight excluding hydrogens is 332 g/mol. The first-order valence-corrected chi connectivity index (χ1v) is 6.59. The van der Waals surface area contributed by atoms with E-state index >= 15 is 0 Å². The molecule has 0 spiro atoms. The number of ether oxygens (including phenoxy) is 2. The van der Waals surface area contributed by atoms with Crippen LogP contribution in [-0.2, 0) is 0 Å². The first-order valence-electron chi connectivity index (χ1n) is 5.42. The maximum atomic E-state index is 12.0. The Labute approximate surface area is 124 Å². The van der Waals surface area contributed by atoms with E-state index in [0.717, 1.165) is 0 Å². The van der Waals surface area contributed by atoms with Crippen molar-refractivity contribution in [3.8, 4) is 11.5 Å². The molecule has 3 nitrogen and oxygen atoms in total. The molecule has 0 heterocycles. The molecule has 0 saturated heterocycles. The predicted octanol–water partition coefficient (Wildman–Crippen LogP) is 4.33. The summed E-state index contributed by atoms with van der Waals surface area (Å²) in [6, 6.07) is 11.8. The number of rotatable bonds is 3. The molecule has 5 heteroatoms. The molecule has 0 radical (unpaired) electrons. The zero-order valence-electron chi connectivity index (χ0n) is 10.0. The van der Waals surface area contributed by atoms with Crippen LogP contribution >= 0.6 is 27.5 Å². The molecule has 0 aliphatic heterocycles. The number of para-hydroxylation sites is 1. The Morgan fingerprint density at radius 1 is 1.16 bits per heavy atom. The van der Waals surface area contributed by atoms with Gasteiger partial charge in [-0.15, -0.1) is 0 Å². The van der Waals surface area contributed by atoms with Crippen molar-refractivity contribution in [2.75, 3.05) is 7.11 Å². The van der Waals surface area contributed by atoms with Crippen LogP contribution in [0, 0.1) is 0 Å². The minimum atomic E-state index is -0.476. The first-order chi connectivity index (χ1) is 9.11. The lowest BCUT2D eigenvalue weighted by Crippen LogP contribution is -2.08. The second-order valence-electron chi connectivity index (χ2n) is 3.67. The van der Waals surface area contributed by atoms with Crippen molar-refractivity contribution < 1.29 is 14.3 Å². The van der Waals surface area contributed by atoms with Gasteiger partial charge in [0.1, 0.15) is 11.5 Å². The summed E-state index contributed by atoms with van der Waals surface area (Å²) in [6.07, 6.45) is 0. The van der Waals surface area contributed by atoms with Gasteiger partial charge in [0.25, 0.3) is 0 Å². The van der Waals surface area contributed by atoms with Crippen molar-refractivity contribution in [1.82, 2.24) is 0 Å². The minimum Gasteiger partial charge on any atom is -0.496 e. The number of carbonyl (C=O) groups excluding carboxylic acids is 1. The molecule has 0 aliphatic rings. The number of carbonyl (C=O) groups is 1. The van der Waals surface area contributed by atoms with Crippen molar-refractivity contribution in [2.24, 2.45) is 0 Å². The zero-order chi connectivity index (χ0) is 13.8. The molecule has 0 aliphatic carbocycles. The van der Waals surface area contributed by atoms with Gasteiger partial charge in [0, 0.05) is 0 Å². The van der Waals surface area contributed by atoms with E-state index in [0.29, 0.717) is 26.6 Å². The van der Waals surface area contributed by atoms with Crippen LogP contribution in [0.15, 0.2) is 46.9 Å². The lowest BCUT2D eigenvalue weighted by atomic mass is 10.2. The Kier molecular flexibility index (Phi) is 4.45. The summed E-state index contributed by atoms with van der Waals surface area (Å²) in [5, 5.41) is 0.392. The van der Waals surface area contributed by atoms with E-state index in [1.807, 2.05) is 0 Å². The minimum absolute atomic E-state index is 0.334. The van der Waals surface area contributed by atoms with Crippen LogP contribution in [0.3, 0.4) is 0 Å². The van der Waals surface area contributed by atoms with Crippen molar-refractivity contribution in [3.63, 3.8) is 0 Å². The van der Waals surface area contributed by atoms with Gasteiger partial charge in [-0.25, -0.2) is 4.79 Å². The van der Waals surface area contributed by atoms with Crippen LogP contribution in [0.2, 0.25) is 5.02 Å². The molecule has 0 amide bonds. The van der Waals surface area contributed by atoms with Crippen LogP contribution < -0.4 is 9.47 Å². The Morgan fingerprint density at radius 3 is 2.53 bits per heavy atom. The monoisotopic (exact) mass is 340 g/mol. The van der Waals surface area contributed by atoms with Gasteiger partial charge in [0.15, 0.2) is 0 Å². The normalized spacial score (nSPS) is 10.1. The van der Waals surface area contributed by atoms with E-state index in [2.05, 4.69) is 15.9 Å². The summed E-state index contributed by atoms with van der Waals surface area (Å²) < 4.78 is 11.0. The Hall–Kier alpha value is -1.52. The van der Waals surface area contributed by atoms with Crippen molar-refractivity contribution >= 4 is 33.5 Å². The van der Waals surface area contributed by atoms with E-state index in [9.17, 15) is 4.79 Å². The molecule has 0 bridgehead atoms. The molecule has 0 atom stereocenters. The maximum absolute atomic E-state index is 12.0. The highest BCUT2D eigenvalue weighted by atomic mass is 79.9. The number of hydrogen-bond donors (Lipinski definition) is 0. The smallest absolute Gasteiger partial charge is 0.343 e. The standard InChI is InChI=1S/C14H10BrClO3/c1-18-12-7-6-9(8-10(12)15)14(17)19-13-5-3-2-4-11(13)16/h2-8H,1H3. The topological polar surface area (TPSA) is 35.5 Å². The third-order valence-electron chi connectivity index (χ3n) is 2.43. The van der Waals surface area contributed by atoms with Crippen LogP contribution in [0.1, 0.15) is 10.4 Å². The quantitative estimate of drug-likeness (QED) is 0.616. The fourth-order valence-corrected chi connectivity index (χ4v) is 2.19. The van der Waals surface area contributed by atoms with Gasteiger partial charge in [-0.05, 0) is 46.3 Å². The molecule has 98 valence electrons. The summed E-state index contributed by atoms with van der Waals surface area (Å²) in [5.41, 5.74) is 0.410. The molecule has 19 heavy (non-hydrogen) atoms. The van der Waals surface area contributed by atoms with Gasteiger partial charge in [0.05, 0.1) is 22.2 Å². The highest BCUT2D eigenvalue weighted by Crippen LogP contribution is 2.27. The summed E-state index contributed by atoms with van der Waals surface area (Å²) in [7, 11) is 1.56. The number of halogens is 2. The fourth-order valence-electron chi connectivity index (χ4n) is 1.48. The van der Waals surface area contributed by atoms with E-state index in [1.165, 1.54) is 0 Å². The predicted molar refractivity (Wildman–Crippen MR) is 77.1 cm³/mol. The van der Waals surface area contributed by atoms with E-state index in [4.69, 9.17) is 21.1 Å². The molecule has 0 fully saturated rings. The zero-order valence-corrected chi connectivity index (χ0v) is 12.4. The average molecular weight is 342 g/mol. The van der Waals surface area contributed by atoms with E-state index < -0.39 is 5.97 Å². The molecule has 2 aromatic carbocycles. The molecule has 0 N–H and O–H groups in total. The van der Waals surface area contributed by atoms with Gasteiger partial charge in [-0.3, -0.25) is 0 Å². The molecule has 0 unspecified atom stereocenters. The summed E-state index contributed by atoms with van der Waals surface area (Å²) in [5.74, 6) is 0.506. The summed E-state index contributed by atoms with van der Waals surface area (Å²) in [6.45, 7) is 0. The number of benzene rings is 2. The van der Waals surface area contributed by atoms with E-state index in [1.54, 1.807) is 49.6 Å². The molecule has 2 rings (SSSR count). The Morgan fingerprint density at radius 2 is 1.89 bits per heavy atom. The maximum Gasteiger partial charge on any atom is 0.343 e. The molecule has 2 aromatic rings. The second-order valence-corrected chi connectivity index (χ2v) is 4.93. The largest absolute Gasteiger partial charge is 0.496 e. The Bertz CT molecular complexity index is 613. The van der Waals surface area contributed by atoms with Crippen molar-refractivity contribution in [1.29, 1.82) is 0 Å². The van der Waals surface area contributed by atoms with Gasteiger partial charge in [-0.1, -0.05) is 23.7 Å². The SMILES string of the molecule is COc1ccc(C(=O)Oc2ccccc2Cl)cc1Br. The van der Waals surface area contributed by atoms with Gasteiger partial charge in [0.2, 0.25) is 0 Å². The average Bonchev–Trinajstić information content (AvgIpc) is 2.41. The number of hydrogen-bond acceptors (Lipinski definition) is 3.